The molecule has 38 heavy (non-hydrogen) atoms. The first-order chi connectivity index (χ1) is 17.9. The standard InChI is InChI=1S/C25H23F4N3O6/c1-3-37-21(34)13-19(30-24(36)31-22-20(33)9-10-32(2)23(22)35)17-12-15(7-8-18(17)26)14-5-4-6-16(11-14)38-25(27,28)29/h4-12,19,33H,3,13H2,1-2H3,(H2,30,31,36)/t19-/m0/s1. The average molecular weight is 537 g/mol. The van der Waals surface area contributed by atoms with Crippen LogP contribution >= 0.6 is 0 Å². The van der Waals surface area contributed by atoms with Gasteiger partial charge in [-0.25, -0.2) is 9.18 Å². The number of ether oxygens (including phenoxy) is 2. The van der Waals surface area contributed by atoms with E-state index in [1.165, 1.54) is 43.6 Å². The Kier molecular flexibility index (Phi) is 8.61. The Hall–Kier alpha value is -4.55. The fourth-order valence-electron chi connectivity index (χ4n) is 3.53. The van der Waals surface area contributed by atoms with Crippen LogP contribution in [0.2, 0.25) is 0 Å². The van der Waals surface area contributed by atoms with Crippen LogP contribution in [0, 0.1) is 5.82 Å². The van der Waals surface area contributed by atoms with Crippen molar-refractivity contribution in [3.63, 3.8) is 0 Å². The van der Waals surface area contributed by atoms with Gasteiger partial charge in [-0.3, -0.25) is 9.59 Å². The van der Waals surface area contributed by atoms with Gasteiger partial charge in [-0.05, 0) is 48.4 Å². The van der Waals surface area contributed by atoms with Gasteiger partial charge in [0.2, 0.25) is 0 Å². The number of carbonyl (C=O) groups excluding carboxylic acids is 2. The fourth-order valence-corrected chi connectivity index (χ4v) is 3.53. The molecular weight excluding hydrogens is 514 g/mol. The molecule has 0 unspecified atom stereocenters. The molecule has 1 atom stereocenters. The molecule has 0 saturated carbocycles. The second-order valence-electron chi connectivity index (χ2n) is 7.96. The number of pyridine rings is 1. The van der Waals surface area contributed by atoms with E-state index in [2.05, 4.69) is 15.4 Å². The number of rotatable bonds is 8. The number of hydrogen-bond donors (Lipinski definition) is 3. The molecule has 2 aromatic carbocycles. The maximum Gasteiger partial charge on any atom is 0.573 e. The van der Waals surface area contributed by atoms with Gasteiger partial charge < -0.3 is 29.8 Å². The zero-order valence-corrected chi connectivity index (χ0v) is 20.1. The Bertz CT molecular complexity index is 1390. The van der Waals surface area contributed by atoms with Gasteiger partial charge in [0.1, 0.15) is 17.3 Å². The van der Waals surface area contributed by atoms with Crippen LogP contribution in [0.15, 0.2) is 59.5 Å². The van der Waals surface area contributed by atoms with Gasteiger partial charge in [0.05, 0.1) is 19.1 Å². The van der Waals surface area contributed by atoms with E-state index >= 15 is 0 Å². The number of aromatic hydroxyl groups is 1. The number of amides is 2. The third-order valence-corrected chi connectivity index (χ3v) is 5.24. The van der Waals surface area contributed by atoms with Crippen LogP contribution in [0.1, 0.15) is 24.9 Å². The van der Waals surface area contributed by atoms with Gasteiger partial charge >= 0.3 is 18.4 Å². The number of nitrogens with zero attached hydrogens (tertiary/aromatic N) is 1. The van der Waals surface area contributed by atoms with Crippen molar-refractivity contribution in [1.82, 2.24) is 9.88 Å². The van der Waals surface area contributed by atoms with Gasteiger partial charge in [-0.1, -0.05) is 18.2 Å². The van der Waals surface area contributed by atoms with Crippen LogP contribution in [0.25, 0.3) is 11.1 Å². The number of esters is 1. The molecule has 0 saturated heterocycles. The summed E-state index contributed by atoms with van der Waals surface area (Å²) in [6, 6.07) is 7.37. The molecule has 3 rings (SSSR count). The van der Waals surface area contributed by atoms with E-state index in [9.17, 15) is 37.1 Å². The zero-order valence-electron chi connectivity index (χ0n) is 20.1. The SMILES string of the molecule is CCOC(=O)C[C@H](NC(=O)Nc1c(O)ccn(C)c1=O)c1cc(-c2cccc(OC(F)(F)F)c2)ccc1F. The van der Waals surface area contributed by atoms with Crippen LogP contribution in [0.3, 0.4) is 0 Å². The highest BCUT2D eigenvalue weighted by molar-refractivity contribution is 5.91. The maximum absolute atomic E-state index is 14.9. The van der Waals surface area contributed by atoms with E-state index in [0.717, 1.165) is 22.8 Å². The van der Waals surface area contributed by atoms with E-state index in [4.69, 9.17) is 4.74 Å². The predicted molar refractivity (Wildman–Crippen MR) is 128 cm³/mol. The molecule has 1 heterocycles. The Morgan fingerprint density at radius 3 is 2.50 bits per heavy atom. The monoisotopic (exact) mass is 537 g/mol. The molecular formula is C25H23F4N3O6. The van der Waals surface area contributed by atoms with E-state index in [1.54, 1.807) is 6.92 Å². The van der Waals surface area contributed by atoms with Crippen molar-refractivity contribution in [2.24, 2.45) is 7.05 Å². The van der Waals surface area contributed by atoms with Crippen LogP contribution in [0.5, 0.6) is 11.5 Å². The summed E-state index contributed by atoms with van der Waals surface area (Å²) in [5, 5.41) is 14.5. The Labute approximate surface area is 213 Å². The van der Waals surface area contributed by atoms with Crippen molar-refractivity contribution in [1.29, 1.82) is 0 Å². The number of aromatic nitrogens is 1. The average Bonchev–Trinajstić information content (AvgIpc) is 2.83. The quantitative estimate of drug-likeness (QED) is 0.285. The smallest absolute Gasteiger partial charge is 0.505 e. The minimum absolute atomic E-state index is 0.0141. The highest BCUT2D eigenvalue weighted by Crippen LogP contribution is 2.31. The minimum atomic E-state index is -4.91. The molecule has 0 radical (unpaired) electrons. The Morgan fingerprint density at radius 1 is 1.11 bits per heavy atom. The number of anilines is 1. The third-order valence-electron chi connectivity index (χ3n) is 5.24. The summed E-state index contributed by atoms with van der Waals surface area (Å²) in [4.78, 5) is 37.2. The van der Waals surface area contributed by atoms with Gasteiger partial charge in [-0.15, -0.1) is 13.2 Å². The van der Waals surface area contributed by atoms with Crippen molar-refractivity contribution in [3.8, 4) is 22.6 Å². The first kappa shape index (κ1) is 28.0. The number of halogens is 4. The van der Waals surface area contributed by atoms with Crippen molar-refractivity contribution in [2.45, 2.75) is 25.7 Å². The van der Waals surface area contributed by atoms with Crippen LogP contribution < -0.4 is 20.9 Å². The van der Waals surface area contributed by atoms with E-state index < -0.39 is 59.4 Å². The highest BCUT2D eigenvalue weighted by atomic mass is 19.4. The van der Waals surface area contributed by atoms with Crippen molar-refractivity contribution in [3.05, 3.63) is 76.5 Å². The van der Waals surface area contributed by atoms with Gasteiger partial charge in [-0.2, -0.15) is 0 Å². The molecule has 0 aliphatic carbocycles. The molecule has 0 fully saturated rings. The number of hydrogen-bond acceptors (Lipinski definition) is 6. The number of carbonyl (C=O) groups is 2. The first-order valence-corrected chi connectivity index (χ1v) is 11.1. The zero-order chi connectivity index (χ0) is 28.0. The van der Waals surface area contributed by atoms with Gasteiger partial charge in [0.15, 0.2) is 5.69 Å². The molecule has 2 amide bonds. The number of nitrogens with one attached hydrogen (secondary N) is 2. The second-order valence-corrected chi connectivity index (χ2v) is 7.96. The second kappa shape index (κ2) is 11.7. The summed E-state index contributed by atoms with van der Waals surface area (Å²) < 4.78 is 62.8. The molecule has 202 valence electrons. The van der Waals surface area contributed by atoms with E-state index in [0.29, 0.717) is 0 Å². The Morgan fingerprint density at radius 2 is 1.82 bits per heavy atom. The van der Waals surface area contributed by atoms with Gasteiger partial charge in [0, 0.05) is 18.8 Å². The lowest BCUT2D eigenvalue weighted by Gasteiger charge is -2.20. The molecule has 0 aliphatic rings. The van der Waals surface area contributed by atoms with E-state index in [-0.39, 0.29) is 23.3 Å². The molecule has 0 spiro atoms. The lowest BCUT2D eigenvalue weighted by molar-refractivity contribution is -0.274. The maximum atomic E-state index is 14.9. The number of urea groups is 1. The fraction of sp³-hybridized carbons (Fsp3) is 0.240. The lowest BCUT2D eigenvalue weighted by Crippen LogP contribution is -2.36. The van der Waals surface area contributed by atoms with Crippen LogP contribution in [-0.4, -0.2) is 34.6 Å². The number of aryl methyl sites for hydroxylation is 1. The Balaban J connectivity index is 1.95. The summed E-state index contributed by atoms with van der Waals surface area (Å²) in [7, 11) is 1.39. The molecule has 13 heteroatoms. The molecule has 3 N–H and O–H groups in total. The lowest BCUT2D eigenvalue weighted by atomic mass is 9.97. The molecule has 0 bridgehead atoms. The summed E-state index contributed by atoms with van der Waals surface area (Å²) >= 11 is 0. The van der Waals surface area contributed by atoms with Gasteiger partial charge in [0.25, 0.3) is 5.56 Å². The van der Waals surface area contributed by atoms with E-state index in [1.807, 2.05) is 0 Å². The molecule has 3 aromatic rings. The first-order valence-electron chi connectivity index (χ1n) is 11.1. The summed E-state index contributed by atoms with van der Waals surface area (Å²) in [5.41, 5.74) is -0.850. The molecule has 1 aromatic heterocycles. The normalized spacial score (nSPS) is 11.9. The van der Waals surface area contributed by atoms with Crippen molar-refractivity contribution in [2.75, 3.05) is 11.9 Å². The predicted octanol–water partition coefficient (Wildman–Crippen LogP) is 4.61. The summed E-state index contributed by atoms with van der Waals surface area (Å²) in [6.07, 6.45) is -4.15. The van der Waals surface area contributed by atoms with Crippen LogP contribution in [-0.2, 0) is 16.6 Å². The molecule has 9 nitrogen and oxygen atoms in total. The molecule has 0 aliphatic heterocycles. The van der Waals surface area contributed by atoms with Crippen molar-refractivity contribution < 1.29 is 41.7 Å². The number of benzene rings is 2. The third kappa shape index (κ3) is 7.24. The highest BCUT2D eigenvalue weighted by Gasteiger charge is 2.31. The largest absolute Gasteiger partial charge is 0.573 e. The minimum Gasteiger partial charge on any atom is -0.505 e. The summed E-state index contributed by atoms with van der Waals surface area (Å²) in [5.74, 6) is -2.61. The van der Waals surface area contributed by atoms with Crippen LogP contribution in [0.4, 0.5) is 28.0 Å². The summed E-state index contributed by atoms with van der Waals surface area (Å²) in [6.45, 7) is 1.57. The van der Waals surface area contributed by atoms with Crippen molar-refractivity contribution >= 4 is 17.7 Å². The topological polar surface area (TPSA) is 119 Å². The number of alkyl halides is 3.